The molecular weight excluding hydrogens is 477 g/mol. The van der Waals surface area contributed by atoms with Crippen LogP contribution < -0.4 is 16.4 Å². The van der Waals surface area contributed by atoms with E-state index in [1.54, 1.807) is 18.2 Å². The standard InChI is InChI=1S/C17H18F2N2.C8H5FN2O2S/c1-17(2)10-14-9-13(5-8-16(14)20-11-17)12-3-6-15(7-4-12)21(18)19;9-6-3-4(14)1-2-5(6)7-10-8(12)13-11-7/h3-9,20H,10-11H2,1-2H3;1-3,14H,(H,10,11,12). The highest BCUT2D eigenvalue weighted by Gasteiger charge is 2.25. The number of aromatic amines is 1. The molecule has 3 aromatic carbocycles. The summed E-state index contributed by atoms with van der Waals surface area (Å²) in [6.45, 7) is 5.44. The van der Waals surface area contributed by atoms with E-state index >= 15 is 0 Å². The maximum absolute atomic E-state index is 13.3. The Bertz CT molecular complexity index is 1380. The SMILES string of the molecule is CC1(C)CNc2ccc(-c3ccc(N(F)F)cc3)cc2C1.O=c1[nH]c(-c2ccc(S)cc2F)no1. The van der Waals surface area contributed by atoms with Crippen molar-refractivity contribution in [2.45, 2.75) is 25.2 Å². The predicted molar refractivity (Wildman–Crippen MR) is 132 cm³/mol. The molecule has 2 heterocycles. The van der Waals surface area contributed by atoms with E-state index in [4.69, 9.17) is 0 Å². The number of rotatable bonds is 3. The summed E-state index contributed by atoms with van der Waals surface area (Å²) in [6.07, 6.45) is 1.02. The van der Waals surface area contributed by atoms with Crippen molar-refractivity contribution in [1.29, 1.82) is 0 Å². The summed E-state index contributed by atoms with van der Waals surface area (Å²) in [6, 6.07) is 16.8. The van der Waals surface area contributed by atoms with Gasteiger partial charge >= 0.3 is 5.76 Å². The van der Waals surface area contributed by atoms with Crippen LogP contribution in [0.15, 0.2) is 74.9 Å². The third-order valence-corrected chi connectivity index (χ3v) is 5.85. The largest absolute Gasteiger partial charge is 0.439 e. The first kappa shape index (κ1) is 24.5. The fraction of sp³-hybridized carbons (Fsp3) is 0.200. The molecule has 0 radical (unpaired) electrons. The molecule has 0 amide bonds. The quantitative estimate of drug-likeness (QED) is 0.225. The second-order valence-electron chi connectivity index (χ2n) is 8.95. The minimum atomic E-state index is -0.872. The summed E-state index contributed by atoms with van der Waals surface area (Å²) >= 11 is 3.96. The van der Waals surface area contributed by atoms with Crippen LogP contribution in [-0.2, 0) is 6.42 Å². The lowest BCUT2D eigenvalue weighted by Gasteiger charge is -2.32. The molecule has 0 spiro atoms. The lowest BCUT2D eigenvalue weighted by Crippen LogP contribution is -2.30. The van der Waals surface area contributed by atoms with Crippen molar-refractivity contribution >= 4 is 24.0 Å². The number of hydrogen-bond donors (Lipinski definition) is 3. The Balaban J connectivity index is 0.000000179. The highest BCUT2D eigenvalue weighted by molar-refractivity contribution is 7.80. The average Bonchev–Trinajstić information content (AvgIpc) is 3.24. The smallest absolute Gasteiger partial charge is 0.384 e. The van der Waals surface area contributed by atoms with Crippen molar-refractivity contribution in [2.75, 3.05) is 17.2 Å². The molecule has 1 aliphatic heterocycles. The van der Waals surface area contributed by atoms with Crippen LogP contribution in [0.25, 0.3) is 22.5 Å². The van der Waals surface area contributed by atoms with E-state index in [1.807, 2.05) is 6.07 Å². The van der Waals surface area contributed by atoms with Crippen molar-refractivity contribution in [2.24, 2.45) is 5.41 Å². The number of benzene rings is 3. The van der Waals surface area contributed by atoms with E-state index in [1.165, 1.54) is 35.5 Å². The number of nitrogens with zero attached hydrogens (tertiary/aromatic N) is 2. The van der Waals surface area contributed by atoms with Gasteiger partial charge in [0.2, 0.25) is 0 Å². The van der Waals surface area contributed by atoms with Gasteiger partial charge in [-0.3, -0.25) is 9.51 Å². The molecule has 0 saturated carbocycles. The zero-order chi connectivity index (χ0) is 25.2. The van der Waals surface area contributed by atoms with E-state index in [-0.39, 0.29) is 22.5 Å². The third kappa shape index (κ3) is 5.89. The number of nitrogens with one attached hydrogen (secondary N) is 2. The molecule has 0 unspecified atom stereocenters. The van der Waals surface area contributed by atoms with Crippen LogP contribution in [0.2, 0.25) is 0 Å². The number of anilines is 2. The first-order chi connectivity index (χ1) is 16.6. The molecule has 6 nitrogen and oxygen atoms in total. The Hall–Kier alpha value is -3.66. The van der Waals surface area contributed by atoms with Crippen LogP contribution >= 0.6 is 12.6 Å². The number of fused-ring (bicyclic) bond motifs is 1. The van der Waals surface area contributed by atoms with Gasteiger partial charge in [0.25, 0.3) is 0 Å². The molecule has 182 valence electrons. The summed E-state index contributed by atoms with van der Waals surface area (Å²) in [5.41, 5.74) is 4.78. The number of thiol groups is 1. The van der Waals surface area contributed by atoms with Crippen LogP contribution in [0.3, 0.4) is 0 Å². The average molecular weight is 501 g/mol. The van der Waals surface area contributed by atoms with E-state index in [2.05, 4.69) is 58.6 Å². The molecule has 35 heavy (non-hydrogen) atoms. The van der Waals surface area contributed by atoms with E-state index in [0.717, 1.165) is 24.1 Å². The van der Waals surface area contributed by atoms with Crippen LogP contribution in [0, 0.1) is 11.2 Å². The Labute approximate surface area is 205 Å². The Morgan fingerprint density at radius 2 is 1.74 bits per heavy atom. The maximum Gasteiger partial charge on any atom is 0.439 e. The molecule has 0 aliphatic carbocycles. The molecule has 0 atom stereocenters. The lowest BCUT2D eigenvalue weighted by molar-refractivity contribution is 0.235. The Kier molecular flexibility index (Phi) is 6.93. The Morgan fingerprint density at radius 1 is 1.03 bits per heavy atom. The topological polar surface area (TPSA) is 74.2 Å². The van der Waals surface area contributed by atoms with Gasteiger partial charge < -0.3 is 5.32 Å². The second kappa shape index (κ2) is 9.91. The highest BCUT2D eigenvalue weighted by atomic mass is 32.1. The van der Waals surface area contributed by atoms with Crippen LogP contribution in [0.4, 0.5) is 24.7 Å². The monoisotopic (exact) mass is 500 g/mol. The molecule has 10 heteroatoms. The lowest BCUT2D eigenvalue weighted by atomic mass is 9.81. The molecule has 4 aromatic rings. The predicted octanol–water partition coefficient (Wildman–Crippen LogP) is 6.38. The van der Waals surface area contributed by atoms with Gasteiger partial charge in [-0.05, 0) is 76.3 Å². The summed E-state index contributed by atoms with van der Waals surface area (Å²) in [5.74, 6) is -1.16. The van der Waals surface area contributed by atoms with Crippen molar-refractivity contribution in [1.82, 2.24) is 10.1 Å². The van der Waals surface area contributed by atoms with Crippen molar-refractivity contribution in [3.8, 4) is 22.5 Å². The number of hydrogen-bond acceptors (Lipinski definition) is 6. The third-order valence-electron chi connectivity index (χ3n) is 5.58. The zero-order valence-electron chi connectivity index (χ0n) is 19.0. The normalized spacial score (nSPS) is 13.8. The van der Waals surface area contributed by atoms with Crippen LogP contribution in [0.5, 0.6) is 0 Å². The van der Waals surface area contributed by atoms with Gasteiger partial charge in [0.1, 0.15) is 11.5 Å². The molecule has 0 bridgehead atoms. The van der Waals surface area contributed by atoms with Gasteiger partial charge in [-0.25, -0.2) is 9.18 Å². The highest BCUT2D eigenvalue weighted by Crippen LogP contribution is 2.35. The summed E-state index contributed by atoms with van der Waals surface area (Å²) in [5, 5.41) is 5.95. The van der Waals surface area contributed by atoms with Gasteiger partial charge in [-0.1, -0.05) is 46.2 Å². The molecule has 2 N–H and O–H groups in total. The molecule has 1 aliphatic rings. The van der Waals surface area contributed by atoms with E-state index in [0.29, 0.717) is 4.90 Å². The Morgan fingerprint density at radius 3 is 2.37 bits per heavy atom. The van der Waals surface area contributed by atoms with Crippen molar-refractivity contribution in [3.63, 3.8) is 0 Å². The van der Waals surface area contributed by atoms with Crippen molar-refractivity contribution in [3.05, 3.63) is 82.6 Å². The number of halogens is 3. The zero-order valence-corrected chi connectivity index (χ0v) is 19.9. The summed E-state index contributed by atoms with van der Waals surface area (Å²) in [7, 11) is 0. The van der Waals surface area contributed by atoms with Crippen LogP contribution in [-0.4, -0.2) is 16.7 Å². The fourth-order valence-corrected chi connectivity index (χ4v) is 4.00. The number of aromatic nitrogens is 2. The first-order valence-electron chi connectivity index (χ1n) is 10.8. The molecule has 0 saturated heterocycles. The first-order valence-corrected chi connectivity index (χ1v) is 11.2. The van der Waals surface area contributed by atoms with Gasteiger partial charge in [-0.15, -0.1) is 12.6 Å². The summed E-state index contributed by atoms with van der Waals surface area (Å²) in [4.78, 5) is 13.4. The minimum absolute atomic E-state index is 0.0702. The van der Waals surface area contributed by atoms with Gasteiger partial charge in [0, 0.05) is 17.1 Å². The molecular formula is C25H23F3N4O2S. The molecule has 5 rings (SSSR count). The van der Waals surface area contributed by atoms with E-state index < -0.39 is 16.9 Å². The molecule has 0 fully saturated rings. The number of H-pyrrole nitrogens is 1. The fourth-order valence-electron chi connectivity index (χ4n) is 3.81. The molecule has 1 aromatic heterocycles. The van der Waals surface area contributed by atoms with Gasteiger partial charge in [-0.2, -0.15) is 0 Å². The minimum Gasteiger partial charge on any atom is -0.384 e. The second-order valence-corrected chi connectivity index (χ2v) is 9.47. The van der Waals surface area contributed by atoms with Crippen molar-refractivity contribution < 1.29 is 17.9 Å². The van der Waals surface area contributed by atoms with Gasteiger partial charge in [0.15, 0.2) is 5.82 Å². The van der Waals surface area contributed by atoms with Crippen LogP contribution in [0.1, 0.15) is 19.4 Å². The van der Waals surface area contributed by atoms with Gasteiger partial charge in [0.05, 0.1) is 5.56 Å². The maximum atomic E-state index is 13.3. The summed E-state index contributed by atoms with van der Waals surface area (Å²) < 4.78 is 42.4. The van der Waals surface area contributed by atoms with E-state index in [9.17, 15) is 18.1 Å².